The smallest absolute Gasteiger partial charge is 0.338 e. The van der Waals surface area contributed by atoms with Crippen molar-refractivity contribution in [3.8, 4) is 0 Å². The fourth-order valence-corrected chi connectivity index (χ4v) is 2.70. The predicted octanol–water partition coefficient (Wildman–Crippen LogP) is 3.51. The third-order valence-corrected chi connectivity index (χ3v) is 3.79. The molecule has 0 radical (unpaired) electrons. The van der Waals surface area contributed by atoms with Crippen LogP contribution in [0.3, 0.4) is 0 Å². The monoisotopic (exact) mass is 257 g/mol. The average Bonchev–Trinajstić information content (AvgIpc) is 2.72. The van der Waals surface area contributed by atoms with E-state index in [1.165, 1.54) is 0 Å². The lowest BCUT2D eigenvalue weighted by Crippen LogP contribution is -1.95. The van der Waals surface area contributed by atoms with Crippen molar-refractivity contribution in [3.63, 3.8) is 0 Å². The molecular formula is C14H11NO2S. The van der Waals surface area contributed by atoms with E-state index in [0.717, 1.165) is 21.3 Å². The van der Waals surface area contributed by atoms with Gasteiger partial charge in [-0.15, -0.1) is 11.8 Å². The van der Waals surface area contributed by atoms with Crippen molar-refractivity contribution < 1.29 is 9.90 Å². The highest BCUT2D eigenvalue weighted by molar-refractivity contribution is 7.98. The Balaban J connectivity index is 2.53. The lowest BCUT2D eigenvalue weighted by Gasteiger charge is -1.98. The van der Waals surface area contributed by atoms with Gasteiger partial charge in [0.25, 0.3) is 0 Å². The Kier molecular flexibility index (Phi) is 2.52. The Morgan fingerprint density at radius 1 is 1.22 bits per heavy atom. The molecule has 3 nitrogen and oxygen atoms in total. The Labute approximate surface area is 108 Å². The van der Waals surface area contributed by atoms with Gasteiger partial charge in [-0.05, 0) is 30.5 Å². The van der Waals surface area contributed by atoms with E-state index in [2.05, 4.69) is 0 Å². The summed E-state index contributed by atoms with van der Waals surface area (Å²) in [5.74, 6) is -0.884. The molecule has 0 aliphatic rings. The van der Waals surface area contributed by atoms with E-state index in [0.29, 0.717) is 5.56 Å². The van der Waals surface area contributed by atoms with Crippen LogP contribution in [0.2, 0.25) is 0 Å². The van der Waals surface area contributed by atoms with Gasteiger partial charge < -0.3 is 9.51 Å². The van der Waals surface area contributed by atoms with E-state index < -0.39 is 5.97 Å². The van der Waals surface area contributed by atoms with Crippen LogP contribution in [0.25, 0.3) is 16.4 Å². The minimum Gasteiger partial charge on any atom is -0.478 e. The first-order valence-corrected chi connectivity index (χ1v) is 6.75. The number of hydrogen-bond donors (Lipinski definition) is 1. The number of carboxylic acid groups (broad SMARTS) is 1. The summed E-state index contributed by atoms with van der Waals surface area (Å²) in [5.41, 5.74) is 2.05. The highest BCUT2D eigenvalue weighted by Gasteiger charge is 2.16. The van der Waals surface area contributed by atoms with Crippen molar-refractivity contribution in [2.75, 3.05) is 6.26 Å². The molecular weight excluding hydrogens is 246 g/mol. The predicted molar refractivity (Wildman–Crippen MR) is 73.6 cm³/mol. The van der Waals surface area contributed by atoms with Crippen molar-refractivity contribution in [1.29, 1.82) is 0 Å². The average molecular weight is 257 g/mol. The number of aromatic carboxylic acids is 1. The molecule has 1 N–H and O–H groups in total. The van der Waals surface area contributed by atoms with Crippen LogP contribution in [0.1, 0.15) is 10.4 Å². The normalized spacial score (nSPS) is 11.2. The van der Waals surface area contributed by atoms with Gasteiger partial charge in [0.05, 0.1) is 16.6 Å². The van der Waals surface area contributed by atoms with Gasteiger partial charge in [0.2, 0.25) is 0 Å². The summed E-state index contributed by atoms with van der Waals surface area (Å²) in [6, 6.07) is 11.5. The van der Waals surface area contributed by atoms with Crippen LogP contribution in [-0.2, 0) is 0 Å². The topological polar surface area (TPSA) is 41.7 Å². The maximum Gasteiger partial charge on any atom is 0.338 e. The summed E-state index contributed by atoms with van der Waals surface area (Å²) in [4.78, 5) is 12.6. The molecule has 0 amide bonds. The van der Waals surface area contributed by atoms with Crippen LogP contribution in [0.15, 0.2) is 47.5 Å². The molecule has 2 heterocycles. The highest BCUT2D eigenvalue weighted by atomic mass is 32.2. The molecule has 1 aromatic carbocycles. The van der Waals surface area contributed by atoms with Crippen molar-refractivity contribution in [1.82, 2.24) is 4.40 Å². The zero-order valence-corrected chi connectivity index (χ0v) is 10.6. The molecule has 0 bridgehead atoms. The highest BCUT2D eigenvalue weighted by Crippen LogP contribution is 2.29. The number of benzene rings is 1. The maximum absolute atomic E-state index is 11.4. The van der Waals surface area contributed by atoms with Crippen molar-refractivity contribution >= 4 is 34.2 Å². The fraction of sp³-hybridized carbons (Fsp3) is 0.0714. The Hall–Kier alpha value is -1.94. The molecule has 0 saturated heterocycles. The molecule has 4 heteroatoms. The van der Waals surface area contributed by atoms with Gasteiger partial charge in [-0.25, -0.2) is 4.79 Å². The Morgan fingerprint density at radius 2 is 2.06 bits per heavy atom. The molecule has 90 valence electrons. The van der Waals surface area contributed by atoms with Crippen molar-refractivity contribution in [2.24, 2.45) is 0 Å². The first kappa shape index (κ1) is 11.2. The molecule has 0 aliphatic carbocycles. The third-order valence-electron chi connectivity index (χ3n) is 3.06. The quantitative estimate of drug-likeness (QED) is 0.714. The van der Waals surface area contributed by atoms with Gasteiger partial charge >= 0.3 is 5.97 Å². The van der Waals surface area contributed by atoms with Gasteiger partial charge in [-0.1, -0.05) is 12.1 Å². The zero-order chi connectivity index (χ0) is 12.7. The summed E-state index contributed by atoms with van der Waals surface area (Å²) in [6.07, 6.45) is 3.91. The van der Waals surface area contributed by atoms with Crippen LogP contribution in [0.5, 0.6) is 0 Å². The van der Waals surface area contributed by atoms with Crippen molar-refractivity contribution in [2.45, 2.75) is 4.90 Å². The summed E-state index contributed by atoms with van der Waals surface area (Å²) < 4.78 is 1.93. The molecule has 0 aliphatic heterocycles. The van der Waals surface area contributed by atoms with E-state index in [4.69, 9.17) is 0 Å². The fourth-order valence-electron chi connectivity index (χ4n) is 2.27. The minimum absolute atomic E-state index is 0.373. The number of carbonyl (C=O) groups is 1. The molecule has 0 unspecified atom stereocenters. The lowest BCUT2D eigenvalue weighted by atomic mass is 10.1. The van der Waals surface area contributed by atoms with Crippen LogP contribution < -0.4 is 0 Å². The van der Waals surface area contributed by atoms with E-state index in [9.17, 15) is 9.90 Å². The molecule has 18 heavy (non-hydrogen) atoms. The van der Waals surface area contributed by atoms with Crippen molar-refractivity contribution in [3.05, 3.63) is 48.2 Å². The first-order chi connectivity index (χ1) is 8.72. The van der Waals surface area contributed by atoms with E-state index >= 15 is 0 Å². The number of aromatic nitrogens is 1. The summed E-state index contributed by atoms with van der Waals surface area (Å²) in [7, 11) is 0. The standard InChI is InChI=1S/C14H11NO2S/c1-18-9-5-6-10-12(8-9)15-7-3-2-4-11(15)13(10)14(16)17/h2-8H,1H3,(H,16,17). The Bertz CT molecular complexity index is 761. The lowest BCUT2D eigenvalue weighted by molar-refractivity contribution is 0.0701. The number of hydrogen-bond acceptors (Lipinski definition) is 2. The maximum atomic E-state index is 11.4. The van der Waals surface area contributed by atoms with E-state index in [1.54, 1.807) is 11.8 Å². The second-order valence-corrected chi connectivity index (χ2v) is 4.90. The Morgan fingerprint density at radius 3 is 2.78 bits per heavy atom. The molecule has 3 rings (SSSR count). The number of fused-ring (bicyclic) bond motifs is 3. The number of nitrogens with zero attached hydrogens (tertiary/aromatic N) is 1. The second kappa shape index (κ2) is 4.07. The van der Waals surface area contributed by atoms with E-state index in [1.807, 2.05) is 53.3 Å². The minimum atomic E-state index is -0.884. The number of thioether (sulfide) groups is 1. The first-order valence-electron chi connectivity index (χ1n) is 5.52. The van der Waals surface area contributed by atoms with Gasteiger partial charge in [0, 0.05) is 16.5 Å². The van der Waals surface area contributed by atoms with Gasteiger partial charge in [-0.2, -0.15) is 0 Å². The second-order valence-electron chi connectivity index (χ2n) is 4.02. The molecule has 0 spiro atoms. The SMILES string of the molecule is CSc1ccc2c(C(=O)O)c3ccccn3c2c1. The number of rotatable bonds is 2. The van der Waals surface area contributed by atoms with Gasteiger partial charge in [-0.3, -0.25) is 0 Å². The molecule has 2 aromatic heterocycles. The summed E-state index contributed by atoms with van der Waals surface area (Å²) >= 11 is 1.65. The summed E-state index contributed by atoms with van der Waals surface area (Å²) in [5, 5.41) is 10.2. The zero-order valence-electron chi connectivity index (χ0n) is 9.75. The van der Waals surface area contributed by atoms with Crippen LogP contribution in [0.4, 0.5) is 0 Å². The molecule has 0 atom stereocenters. The van der Waals surface area contributed by atoms with Crippen LogP contribution in [0, 0.1) is 0 Å². The largest absolute Gasteiger partial charge is 0.478 e. The van der Waals surface area contributed by atoms with Crippen LogP contribution in [-0.4, -0.2) is 21.7 Å². The molecule has 0 fully saturated rings. The molecule has 0 saturated carbocycles. The van der Waals surface area contributed by atoms with E-state index in [-0.39, 0.29) is 0 Å². The third kappa shape index (κ3) is 1.49. The summed E-state index contributed by atoms with van der Waals surface area (Å²) in [6.45, 7) is 0. The van der Waals surface area contributed by atoms with Gasteiger partial charge in [0.15, 0.2) is 0 Å². The van der Waals surface area contributed by atoms with Gasteiger partial charge in [0.1, 0.15) is 0 Å². The number of pyridine rings is 1. The molecule has 3 aromatic rings. The number of carboxylic acids is 1. The van der Waals surface area contributed by atoms with Crippen LogP contribution >= 0.6 is 11.8 Å².